The van der Waals surface area contributed by atoms with Gasteiger partial charge >= 0.3 is 0 Å². The van der Waals surface area contributed by atoms with Crippen molar-refractivity contribution >= 4 is 17.5 Å². The molecule has 100 valence electrons. The number of hydrogen-bond acceptors (Lipinski definition) is 3. The number of phenolic OH excluding ortho intramolecular Hbond substituents is 1. The number of phenols is 1. The fraction of sp³-hybridized carbons (Fsp3) is 0.364. The molecule has 0 saturated carbocycles. The smallest absolute Gasteiger partial charge is 0.261 e. The van der Waals surface area contributed by atoms with E-state index in [9.17, 15) is 18.7 Å². The van der Waals surface area contributed by atoms with Crippen LogP contribution in [0.5, 0.6) is 5.75 Å². The summed E-state index contributed by atoms with van der Waals surface area (Å²) in [6, 6.07) is 3.96. The minimum absolute atomic E-state index is 0.0213. The third-order valence-electron chi connectivity index (χ3n) is 1.97. The lowest BCUT2D eigenvalue weighted by Crippen LogP contribution is -2.28. The summed E-state index contributed by atoms with van der Waals surface area (Å²) in [4.78, 5) is 11.6. The molecule has 0 unspecified atom stereocenters. The first-order chi connectivity index (χ1) is 8.50. The van der Waals surface area contributed by atoms with E-state index in [1.54, 1.807) is 0 Å². The first kappa shape index (κ1) is 14.7. The monoisotopic (exact) mass is 279 g/mol. The van der Waals surface area contributed by atoms with Crippen LogP contribution in [0.4, 0.5) is 8.78 Å². The minimum Gasteiger partial charge on any atom is -0.508 e. The number of carbonyl (C=O) groups excluding carboxylic acids is 1. The van der Waals surface area contributed by atoms with Crippen LogP contribution in [-0.4, -0.2) is 37.2 Å². The van der Waals surface area contributed by atoms with Gasteiger partial charge < -0.3 is 15.2 Å². The average molecular weight is 280 g/mol. The number of aromatic hydroxyl groups is 1. The second-order valence-electron chi connectivity index (χ2n) is 3.39. The summed E-state index contributed by atoms with van der Waals surface area (Å²) >= 11 is 5.77. The Kier molecular flexibility index (Phi) is 5.80. The van der Waals surface area contributed by atoms with Crippen LogP contribution in [-0.2, 0) is 4.74 Å². The number of hydrogen-bond donors (Lipinski definition) is 2. The summed E-state index contributed by atoms with van der Waals surface area (Å²) in [5.74, 6) is -0.588. The van der Waals surface area contributed by atoms with Crippen molar-refractivity contribution in [1.29, 1.82) is 0 Å². The summed E-state index contributed by atoms with van der Waals surface area (Å²) in [5.41, 5.74) is 0.116. The molecule has 0 aliphatic carbocycles. The molecular formula is C11H12ClF2NO3. The number of amides is 1. The predicted molar refractivity (Wildman–Crippen MR) is 62.3 cm³/mol. The highest BCUT2D eigenvalue weighted by Crippen LogP contribution is 2.20. The van der Waals surface area contributed by atoms with Crippen LogP contribution < -0.4 is 5.32 Å². The fourth-order valence-corrected chi connectivity index (χ4v) is 1.40. The Bertz CT molecular complexity index is 415. The molecule has 1 amide bonds. The van der Waals surface area contributed by atoms with Crippen LogP contribution >= 0.6 is 11.6 Å². The number of ether oxygens (including phenoxy) is 1. The van der Waals surface area contributed by atoms with Crippen molar-refractivity contribution in [3.05, 3.63) is 28.8 Å². The molecule has 0 radical (unpaired) electrons. The molecule has 0 atom stereocenters. The van der Waals surface area contributed by atoms with E-state index in [1.807, 2.05) is 0 Å². The zero-order valence-electron chi connectivity index (χ0n) is 9.33. The SMILES string of the molecule is O=C(NCCOCC(F)F)c1cc(O)ccc1Cl. The van der Waals surface area contributed by atoms with Crippen LogP contribution in [0.15, 0.2) is 18.2 Å². The van der Waals surface area contributed by atoms with Crippen LogP contribution in [0.25, 0.3) is 0 Å². The van der Waals surface area contributed by atoms with Crippen LogP contribution in [0.1, 0.15) is 10.4 Å². The average Bonchev–Trinajstić information content (AvgIpc) is 2.31. The molecule has 2 N–H and O–H groups in total. The van der Waals surface area contributed by atoms with Gasteiger partial charge in [0.2, 0.25) is 0 Å². The van der Waals surface area contributed by atoms with E-state index < -0.39 is 18.9 Å². The van der Waals surface area contributed by atoms with Crippen molar-refractivity contribution in [3.63, 3.8) is 0 Å². The molecule has 1 rings (SSSR count). The second-order valence-corrected chi connectivity index (χ2v) is 3.79. The van der Waals surface area contributed by atoms with Gasteiger partial charge in [0.25, 0.3) is 12.3 Å². The van der Waals surface area contributed by atoms with E-state index in [2.05, 4.69) is 10.1 Å². The van der Waals surface area contributed by atoms with Crippen molar-refractivity contribution in [2.75, 3.05) is 19.8 Å². The first-order valence-electron chi connectivity index (χ1n) is 5.13. The van der Waals surface area contributed by atoms with Gasteiger partial charge in [-0.15, -0.1) is 0 Å². The van der Waals surface area contributed by atoms with Crippen molar-refractivity contribution < 1.29 is 23.4 Å². The molecule has 7 heteroatoms. The normalized spacial score (nSPS) is 10.7. The van der Waals surface area contributed by atoms with E-state index >= 15 is 0 Å². The maximum absolute atomic E-state index is 11.7. The van der Waals surface area contributed by atoms with Gasteiger partial charge in [-0.1, -0.05) is 11.6 Å². The molecule has 1 aromatic rings. The fourth-order valence-electron chi connectivity index (χ4n) is 1.19. The highest BCUT2D eigenvalue weighted by molar-refractivity contribution is 6.33. The van der Waals surface area contributed by atoms with Gasteiger partial charge in [-0.25, -0.2) is 8.78 Å². The van der Waals surface area contributed by atoms with Gasteiger partial charge in [-0.3, -0.25) is 4.79 Å². The standard InChI is InChI=1S/C11H12ClF2NO3/c12-9-2-1-7(16)5-8(9)11(17)15-3-4-18-6-10(13)14/h1-2,5,10,16H,3-4,6H2,(H,15,17). The summed E-state index contributed by atoms with van der Waals surface area (Å²) in [5, 5.41) is 11.8. The summed E-state index contributed by atoms with van der Waals surface area (Å²) < 4.78 is 28.0. The topological polar surface area (TPSA) is 58.6 Å². The maximum atomic E-state index is 11.7. The number of alkyl halides is 2. The third kappa shape index (κ3) is 4.85. The van der Waals surface area contributed by atoms with Gasteiger partial charge in [-0.05, 0) is 18.2 Å². The van der Waals surface area contributed by atoms with E-state index in [0.29, 0.717) is 0 Å². The molecule has 0 fully saturated rings. The zero-order chi connectivity index (χ0) is 13.5. The molecule has 0 spiro atoms. The zero-order valence-corrected chi connectivity index (χ0v) is 10.1. The predicted octanol–water partition coefficient (Wildman–Crippen LogP) is 2.06. The molecule has 0 bridgehead atoms. The van der Waals surface area contributed by atoms with E-state index in [-0.39, 0.29) is 29.5 Å². The lowest BCUT2D eigenvalue weighted by atomic mass is 10.2. The van der Waals surface area contributed by atoms with E-state index in [0.717, 1.165) is 0 Å². The number of rotatable bonds is 6. The first-order valence-corrected chi connectivity index (χ1v) is 5.51. The van der Waals surface area contributed by atoms with Gasteiger partial charge in [0, 0.05) is 6.54 Å². The molecule has 0 aliphatic heterocycles. The van der Waals surface area contributed by atoms with Gasteiger partial charge in [0.05, 0.1) is 17.2 Å². The third-order valence-corrected chi connectivity index (χ3v) is 2.30. The molecule has 0 aliphatic rings. The Morgan fingerprint density at radius 1 is 1.50 bits per heavy atom. The Morgan fingerprint density at radius 2 is 2.22 bits per heavy atom. The van der Waals surface area contributed by atoms with E-state index in [4.69, 9.17) is 11.6 Å². The molecule has 4 nitrogen and oxygen atoms in total. The Labute approximate surface area is 108 Å². The van der Waals surface area contributed by atoms with Crippen molar-refractivity contribution in [1.82, 2.24) is 5.32 Å². The largest absolute Gasteiger partial charge is 0.508 e. The molecule has 0 heterocycles. The number of benzene rings is 1. The number of nitrogens with one attached hydrogen (secondary N) is 1. The highest BCUT2D eigenvalue weighted by Gasteiger charge is 2.10. The summed E-state index contributed by atoms with van der Waals surface area (Å²) in [6.07, 6.45) is -2.53. The van der Waals surface area contributed by atoms with Gasteiger partial charge in [0.15, 0.2) is 0 Å². The summed E-state index contributed by atoms with van der Waals surface area (Å²) in [6.45, 7) is -0.604. The van der Waals surface area contributed by atoms with Crippen LogP contribution in [0.2, 0.25) is 5.02 Å². The molecule has 0 saturated heterocycles. The Hall–Kier alpha value is -1.40. The van der Waals surface area contributed by atoms with E-state index in [1.165, 1.54) is 18.2 Å². The molecule has 0 aromatic heterocycles. The summed E-state index contributed by atoms with van der Waals surface area (Å²) in [7, 11) is 0. The lowest BCUT2D eigenvalue weighted by molar-refractivity contribution is 0.0188. The van der Waals surface area contributed by atoms with Crippen molar-refractivity contribution in [2.45, 2.75) is 6.43 Å². The van der Waals surface area contributed by atoms with Crippen LogP contribution in [0, 0.1) is 0 Å². The number of halogens is 3. The quantitative estimate of drug-likeness (QED) is 0.784. The van der Waals surface area contributed by atoms with Crippen LogP contribution in [0.3, 0.4) is 0 Å². The molecular weight excluding hydrogens is 268 g/mol. The van der Waals surface area contributed by atoms with Gasteiger partial charge in [0.1, 0.15) is 12.4 Å². The Balaban J connectivity index is 2.39. The highest BCUT2D eigenvalue weighted by atomic mass is 35.5. The van der Waals surface area contributed by atoms with Gasteiger partial charge in [-0.2, -0.15) is 0 Å². The molecule has 18 heavy (non-hydrogen) atoms. The Morgan fingerprint density at radius 3 is 2.89 bits per heavy atom. The minimum atomic E-state index is -2.53. The number of carbonyl (C=O) groups is 1. The lowest BCUT2D eigenvalue weighted by Gasteiger charge is -2.07. The van der Waals surface area contributed by atoms with Crippen molar-refractivity contribution in [2.24, 2.45) is 0 Å². The molecule has 1 aromatic carbocycles. The second kappa shape index (κ2) is 7.13. The van der Waals surface area contributed by atoms with Crippen molar-refractivity contribution in [3.8, 4) is 5.75 Å². The maximum Gasteiger partial charge on any atom is 0.261 e.